The zero-order valence-electron chi connectivity index (χ0n) is 13.3. The zero-order chi connectivity index (χ0) is 17.2. The second-order valence-electron chi connectivity index (χ2n) is 5.80. The van der Waals surface area contributed by atoms with Crippen LogP contribution in [0.3, 0.4) is 0 Å². The first kappa shape index (κ1) is 15.2. The van der Waals surface area contributed by atoms with E-state index in [1.54, 1.807) is 47.3 Å². The minimum atomic E-state index is -0.352. The van der Waals surface area contributed by atoms with Crippen LogP contribution in [0, 0.1) is 0 Å². The molecule has 1 N–H and O–H groups in total. The minimum Gasteiger partial charge on any atom is -0.296 e. The molecule has 0 radical (unpaired) electrons. The highest BCUT2D eigenvalue weighted by Crippen LogP contribution is 2.16. The number of hydrogen-bond acceptors (Lipinski definition) is 5. The average Bonchev–Trinajstić information content (AvgIpc) is 3.11. The SMILES string of the molecule is O=C(N/N=C\c1ccncc1)c1ccc2c(=O)n3c(nc2c1)CCC3. The monoisotopic (exact) mass is 333 g/mol. The van der Waals surface area contributed by atoms with Crippen molar-refractivity contribution >= 4 is 23.0 Å². The largest absolute Gasteiger partial charge is 0.296 e. The highest BCUT2D eigenvalue weighted by Gasteiger charge is 2.16. The molecule has 1 aromatic carbocycles. The number of benzene rings is 1. The van der Waals surface area contributed by atoms with Gasteiger partial charge >= 0.3 is 0 Å². The van der Waals surface area contributed by atoms with Crippen molar-refractivity contribution in [3.05, 3.63) is 70.0 Å². The Balaban J connectivity index is 1.59. The van der Waals surface area contributed by atoms with Crippen LogP contribution in [-0.2, 0) is 13.0 Å². The summed E-state index contributed by atoms with van der Waals surface area (Å²) in [6, 6.07) is 8.46. The maximum atomic E-state index is 12.4. The maximum absolute atomic E-state index is 12.4. The van der Waals surface area contributed by atoms with E-state index < -0.39 is 0 Å². The van der Waals surface area contributed by atoms with Gasteiger partial charge in [-0.3, -0.25) is 19.1 Å². The summed E-state index contributed by atoms with van der Waals surface area (Å²) in [7, 11) is 0. The molecule has 3 aromatic rings. The van der Waals surface area contributed by atoms with Gasteiger partial charge in [0.2, 0.25) is 0 Å². The van der Waals surface area contributed by atoms with Crippen LogP contribution < -0.4 is 11.0 Å². The predicted octanol–water partition coefficient (Wildman–Crippen LogP) is 1.50. The summed E-state index contributed by atoms with van der Waals surface area (Å²) in [5.41, 5.74) is 4.23. The molecule has 2 aromatic heterocycles. The predicted molar refractivity (Wildman–Crippen MR) is 93.6 cm³/mol. The molecule has 0 spiro atoms. The number of fused-ring (bicyclic) bond motifs is 2. The summed E-state index contributed by atoms with van der Waals surface area (Å²) in [4.78, 5) is 33.1. The van der Waals surface area contributed by atoms with E-state index in [-0.39, 0.29) is 11.5 Å². The summed E-state index contributed by atoms with van der Waals surface area (Å²) in [6.07, 6.45) is 6.55. The van der Waals surface area contributed by atoms with Crippen molar-refractivity contribution in [2.24, 2.45) is 5.10 Å². The summed E-state index contributed by atoms with van der Waals surface area (Å²) in [5.74, 6) is 0.431. The number of carbonyl (C=O) groups is 1. The Labute approximate surface area is 143 Å². The van der Waals surface area contributed by atoms with Crippen LogP contribution >= 0.6 is 0 Å². The molecule has 0 bridgehead atoms. The molecule has 7 nitrogen and oxygen atoms in total. The van der Waals surface area contributed by atoms with E-state index in [2.05, 4.69) is 20.5 Å². The van der Waals surface area contributed by atoms with Crippen molar-refractivity contribution in [3.63, 3.8) is 0 Å². The van der Waals surface area contributed by atoms with Crippen molar-refractivity contribution in [1.29, 1.82) is 0 Å². The van der Waals surface area contributed by atoms with Gasteiger partial charge in [-0.2, -0.15) is 5.10 Å². The van der Waals surface area contributed by atoms with Gasteiger partial charge in [-0.25, -0.2) is 10.4 Å². The molecule has 7 heteroatoms. The average molecular weight is 333 g/mol. The van der Waals surface area contributed by atoms with Crippen molar-refractivity contribution in [2.75, 3.05) is 0 Å². The summed E-state index contributed by atoms with van der Waals surface area (Å²) >= 11 is 0. The Morgan fingerprint density at radius 3 is 2.92 bits per heavy atom. The molecule has 1 aliphatic heterocycles. The molecule has 4 rings (SSSR count). The van der Waals surface area contributed by atoms with Crippen LogP contribution in [0.15, 0.2) is 52.6 Å². The molecule has 0 atom stereocenters. The number of hydrogen-bond donors (Lipinski definition) is 1. The highest BCUT2D eigenvalue weighted by molar-refractivity contribution is 5.98. The summed E-state index contributed by atoms with van der Waals surface area (Å²) in [6.45, 7) is 0.711. The van der Waals surface area contributed by atoms with Crippen LogP contribution in [0.25, 0.3) is 10.9 Å². The Morgan fingerprint density at radius 1 is 1.24 bits per heavy atom. The number of aromatic nitrogens is 3. The lowest BCUT2D eigenvalue weighted by Crippen LogP contribution is -2.22. The van der Waals surface area contributed by atoms with E-state index >= 15 is 0 Å². The fraction of sp³-hybridized carbons (Fsp3) is 0.167. The Bertz CT molecular complexity index is 1040. The Hall–Kier alpha value is -3.35. The van der Waals surface area contributed by atoms with Gasteiger partial charge in [-0.1, -0.05) is 0 Å². The van der Waals surface area contributed by atoms with E-state index in [1.807, 2.05) is 0 Å². The fourth-order valence-electron chi connectivity index (χ4n) is 2.90. The molecule has 0 saturated carbocycles. The number of pyridine rings is 1. The van der Waals surface area contributed by atoms with Crippen LogP contribution in [0.2, 0.25) is 0 Å². The standard InChI is InChI=1S/C18H15N5O2/c24-17(22-20-11-12-5-7-19-8-6-12)13-3-4-14-15(10-13)21-16-2-1-9-23(16)18(14)25/h3-8,10-11H,1-2,9H2,(H,22,24)/b20-11-. The molecule has 1 aliphatic rings. The molecule has 0 saturated heterocycles. The summed E-state index contributed by atoms with van der Waals surface area (Å²) in [5, 5.41) is 4.46. The van der Waals surface area contributed by atoms with Crippen molar-refractivity contribution in [3.8, 4) is 0 Å². The number of nitrogens with one attached hydrogen (secondary N) is 1. The molecule has 0 fully saturated rings. The van der Waals surface area contributed by atoms with Gasteiger partial charge in [0.25, 0.3) is 11.5 Å². The van der Waals surface area contributed by atoms with Crippen LogP contribution in [0.5, 0.6) is 0 Å². The molecular weight excluding hydrogens is 318 g/mol. The summed E-state index contributed by atoms with van der Waals surface area (Å²) < 4.78 is 1.71. The highest BCUT2D eigenvalue weighted by atomic mass is 16.2. The third-order valence-corrected chi connectivity index (χ3v) is 4.16. The Morgan fingerprint density at radius 2 is 2.08 bits per heavy atom. The lowest BCUT2D eigenvalue weighted by Gasteiger charge is -2.06. The van der Waals surface area contributed by atoms with Crippen molar-refractivity contribution in [2.45, 2.75) is 19.4 Å². The lowest BCUT2D eigenvalue weighted by atomic mass is 10.1. The second-order valence-corrected chi connectivity index (χ2v) is 5.80. The van der Waals surface area contributed by atoms with Gasteiger partial charge in [-0.05, 0) is 42.3 Å². The third-order valence-electron chi connectivity index (χ3n) is 4.16. The minimum absolute atomic E-state index is 0.0415. The molecule has 3 heterocycles. The van der Waals surface area contributed by atoms with Crippen LogP contribution in [0.4, 0.5) is 0 Å². The maximum Gasteiger partial charge on any atom is 0.271 e. The van der Waals surface area contributed by atoms with Crippen molar-refractivity contribution in [1.82, 2.24) is 20.0 Å². The van der Waals surface area contributed by atoms with E-state index in [9.17, 15) is 9.59 Å². The number of nitrogens with zero attached hydrogens (tertiary/aromatic N) is 4. The first-order valence-electron chi connectivity index (χ1n) is 7.99. The molecule has 0 aliphatic carbocycles. The molecule has 25 heavy (non-hydrogen) atoms. The van der Waals surface area contributed by atoms with Gasteiger partial charge in [-0.15, -0.1) is 0 Å². The van der Waals surface area contributed by atoms with E-state index in [0.29, 0.717) is 23.0 Å². The fourth-order valence-corrected chi connectivity index (χ4v) is 2.90. The second kappa shape index (κ2) is 6.27. The number of amides is 1. The first-order chi connectivity index (χ1) is 12.2. The number of aryl methyl sites for hydroxylation is 1. The van der Waals surface area contributed by atoms with Gasteiger partial charge in [0.05, 0.1) is 17.1 Å². The normalized spacial score (nSPS) is 13.3. The Kier molecular flexibility index (Phi) is 3.81. The number of carbonyl (C=O) groups excluding carboxylic acids is 1. The molecule has 1 amide bonds. The van der Waals surface area contributed by atoms with E-state index in [4.69, 9.17) is 0 Å². The van der Waals surface area contributed by atoms with Gasteiger partial charge in [0, 0.05) is 30.9 Å². The van der Waals surface area contributed by atoms with Crippen LogP contribution in [-0.4, -0.2) is 26.7 Å². The molecular formula is C18H15N5O2. The first-order valence-corrected chi connectivity index (χ1v) is 7.99. The topological polar surface area (TPSA) is 89.2 Å². The van der Waals surface area contributed by atoms with Crippen molar-refractivity contribution < 1.29 is 4.79 Å². The molecule has 0 unspecified atom stereocenters. The quantitative estimate of drug-likeness (QED) is 0.581. The van der Waals surface area contributed by atoms with Gasteiger partial charge in [0.1, 0.15) is 5.82 Å². The number of hydrazone groups is 1. The molecule has 124 valence electrons. The third kappa shape index (κ3) is 2.91. The van der Waals surface area contributed by atoms with E-state index in [0.717, 1.165) is 24.2 Å². The van der Waals surface area contributed by atoms with Crippen LogP contribution in [0.1, 0.15) is 28.2 Å². The zero-order valence-corrected chi connectivity index (χ0v) is 13.3. The number of rotatable bonds is 3. The smallest absolute Gasteiger partial charge is 0.271 e. The van der Waals surface area contributed by atoms with Gasteiger partial charge < -0.3 is 0 Å². The lowest BCUT2D eigenvalue weighted by molar-refractivity contribution is 0.0955. The van der Waals surface area contributed by atoms with Gasteiger partial charge in [0.15, 0.2) is 0 Å². The van der Waals surface area contributed by atoms with E-state index in [1.165, 1.54) is 6.21 Å².